The van der Waals surface area contributed by atoms with Gasteiger partial charge in [0.05, 0.1) is 18.8 Å². The zero-order chi connectivity index (χ0) is 19.2. The van der Waals surface area contributed by atoms with Crippen LogP contribution in [0.3, 0.4) is 0 Å². The topological polar surface area (TPSA) is 93.9 Å². The number of aryl methyl sites for hydroxylation is 1. The van der Waals surface area contributed by atoms with Crippen LogP contribution in [0.4, 0.5) is 5.82 Å². The normalized spacial score (nSPS) is 16.1. The third kappa shape index (κ3) is 4.85. The van der Waals surface area contributed by atoms with Crippen LogP contribution < -0.4 is 10.1 Å². The molecule has 27 heavy (non-hydrogen) atoms. The molecule has 2 aromatic rings. The molecule has 1 aliphatic heterocycles. The molecule has 1 aromatic heterocycles. The summed E-state index contributed by atoms with van der Waals surface area (Å²) in [7, 11) is 1.51. The van der Waals surface area contributed by atoms with Crippen molar-refractivity contribution in [2.45, 2.75) is 25.9 Å². The Balaban J connectivity index is 1.75. The smallest absolute Gasteiger partial charge is 0.258 e. The van der Waals surface area contributed by atoms with Gasteiger partial charge < -0.3 is 24.2 Å². The Morgan fingerprint density at radius 1 is 1.37 bits per heavy atom. The van der Waals surface area contributed by atoms with Crippen molar-refractivity contribution in [1.82, 2.24) is 10.1 Å². The van der Waals surface area contributed by atoms with E-state index in [1.165, 1.54) is 12.0 Å². The van der Waals surface area contributed by atoms with E-state index in [9.17, 15) is 9.59 Å². The summed E-state index contributed by atoms with van der Waals surface area (Å²) in [6.45, 7) is 2.62. The van der Waals surface area contributed by atoms with Gasteiger partial charge in [-0.25, -0.2) is 0 Å². The quantitative estimate of drug-likeness (QED) is 0.800. The van der Waals surface area contributed by atoms with Gasteiger partial charge in [0.2, 0.25) is 5.91 Å². The van der Waals surface area contributed by atoms with Gasteiger partial charge in [-0.2, -0.15) is 0 Å². The second-order valence-corrected chi connectivity index (χ2v) is 6.39. The SMILES string of the molecule is COc1ccccc1C(=O)N(CC(=O)Nc1cc(C)on1)C[C@H]1CCCO1. The molecule has 2 amide bonds. The van der Waals surface area contributed by atoms with Gasteiger partial charge in [-0.3, -0.25) is 9.59 Å². The predicted octanol–water partition coefficient (Wildman–Crippen LogP) is 2.25. The third-order valence-electron chi connectivity index (χ3n) is 4.30. The number of nitrogens with zero attached hydrogens (tertiary/aromatic N) is 2. The highest BCUT2D eigenvalue weighted by Gasteiger charge is 2.27. The maximum Gasteiger partial charge on any atom is 0.258 e. The summed E-state index contributed by atoms with van der Waals surface area (Å²) >= 11 is 0. The summed E-state index contributed by atoms with van der Waals surface area (Å²) in [6, 6.07) is 8.57. The van der Waals surface area contributed by atoms with Crippen molar-refractivity contribution >= 4 is 17.6 Å². The molecule has 1 saturated heterocycles. The van der Waals surface area contributed by atoms with Crippen molar-refractivity contribution in [2.75, 3.05) is 32.1 Å². The first-order valence-corrected chi connectivity index (χ1v) is 8.84. The molecule has 0 saturated carbocycles. The minimum Gasteiger partial charge on any atom is -0.496 e. The number of hydrogen-bond acceptors (Lipinski definition) is 6. The Labute approximate surface area is 157 Å². The van der Waals surface area contributed by atoms with Crippen LogP contribution in [0.5, 0.6) is 5.75 Å². The molecule has 0 radical (unpaired) electrons. The highest BCUT2D eigenvalue weighted by molar-refractivity contribution is 6.00. The fourth-order valence-corrected chi connectivity index (χ4v) is 3.03. The van der Waals surface area contributed by atoms with E-state index in [4.69, 9.17) is 14.0 Å². The summed E-state index contributed by atoms with van der Waals surface area (Å²) in [4.78, 5) is 27.0. The predicted molar refractivity (Wildman–Crippen MR) is 97.7 cm³/mol. The standard InChI is InChI=1S/C19H23N3O5/c1-13-10-17(21-27-13)20-18(23)12-22(11-14-6-5-9-26-14)19(24)15-7-3-4-8-16(15)25-2/h3-4,7-8,10,14H,5-6,9,11-12H2,1-2H3,(H,20,21,23)/t14-/m1/s1. The van der Waals surface area contributed by atoms with E-state index >= 15 is 0 Å². The number of rotatable bonds is 7. The van der Waals surface area contributed by atoms with Crippen molar-refractivity contribution < 1.29 is 23.6 Å². The number of anilines is 1. The minimum absolute atomic E-state index is 0.0780. The monoisotopic (exact) mass is 373 g/mol. The molecule has 0 unspecified atom stereocenters. The van der Waals surface area contributed by atoms with Gasteiger partial charge in [-0.1, -0.05) is 17.3 Å². The lowest BCUT2D eigenvalue weighted by Crippen LogP contribution is -2.42. The molecule has 0 aliphatic carbocycles. The summed E-state index contributed by atoms with van der Waals surface area (Å²) in [5, 5.41) is 6.38. The third-order valence-corrected chi connectivity index (χ3v) is 4.30. The molecule has 8 nitrogen and oxygen atoms in total. The number of ether oxygens (including phenoxy) is 2. The van der Waals surface area contributed by atoms with Gasteiger partial charge in [0, 0.05) is 19.2 Å². The Bertz CT molecular complexity index is 798. The summed E-state index contributed by atoms with van der Waals surface area (Å²) in [6.07, 6.45) is 1.73. The van der Waals surface area contributed by atoms with E-state index in [-0.39, 0.29) is 24.5 Å². The van der Waals surface area contributed by atoms with Gasteiger partial charge in [0.25, 0.3) is 5.91 Å². The van der Waals surface area contributed by atoms with E-state index in [1.54, 1.807) is 37.3 Å². The molecule has 0 spiro atoms. The lowest BCUT2D eigenvalue weighted by atomic mass is 10.1. The van der Waals surface area contributed by atoms with Crippen LogP contribution in [-0.4, -0.2) is 54.8 Å². The lowest BCUT2D eigenvalue weighted by molar-refractivity contribution is -0.117. The van der Waals surface area contributed by atoms with Crippen molar-refractivity contribution in [2.24, 2.45) is 0 Å². The molecule has 8 heteroatoms. The number of aromatic nitrogens is 1. The highest BCUT2D eigenvalue weighted by Crippen LogP contribution is 2.21. The average molecular weight is 373 g/mol. The first-order valence-electron chi connectivity index (χ1n) is 8.84. The molecule has 1 atom stereocenters. The number of carbonyl (C=O) groups is 2. The Hall–Kier alpha value is -2.87. The zero-order valence-electron chi connectivity index (χ0n) is 15.4. The van der Waals surface area contributed by atoms with Crippen LogP contribution in [0.2, 0.25) is 0 Å². The molecule has 1 fully saturated rings. The van der Waals surface area contributed by atoms with Crippen LogP contribution in [0, 0.1) is 6.92 Å². The van der Waals surface area contributed by atoms with Crippen molar-refractivity contribution in [3.63, 3.8) is 0 Å². The Morgan fingerprint density at radius 3 is 2.85 bits per heavy atom. The van der Waals surface area contributed by atoms with Gasteiger partial charge in [-0.05, 0) is 31.9 Å². The van der Waals surface area contributed by atoms with Crippen LogP contribution in [0.1, 0.15) is 29.0 Å². The summed E-state index contributed by atoms with van der Waals surface area (Å²) in [5.74, 6) is 0.734. The van der Waals surface area contributed by atoms with Gasteiger partial charge in [0.1, 0.15) is 18.1 Å². The summed E-state index contributed by atoms with van der Waals surface area (Å²) < 4.78 is 15.9. The fourth-order valence-electron chi connectivity index (χ4n) is 3.03. The Kier molecular flexibility index (Phi) is 6.08. The molecule has 3 rings (SSSR count). The average Bonchev–Trinajstić information content (AvgIpc) is 3.32. The second kappa shape index (κ2) is 8.68. The van der Waals surface area contributed by atoms with Crippen molar-refractivity contribution in [3.05, 3.63) is 41.7 Å². The van der Waals surface area contributed by atoms with Gasteiger partial charge in [-0.15, -0.1) is 0 Å². The maximum absolute atomic E-state index is 13.1. The fraction of sp³-hybridized carbons (Fsp3) is 0.421. The minimum atomic E-state index is -0.357. The number of nitrogens with one attached hydrogen (secondary N) is 1. The van der Waals surface area contributed by atoms with Gasteiger partial charge >= 0.3 is 0 Å². The molecular formula is C19H23N3O5. The number of amides is 2. The number of para-hydroxylation sites is 1. The van der Waals surface area contributed by atoms with Crippen LogP contribution >= 0.6 is 0 Å². The molecule has 1 aliphatic rings. The van der Waals surface area contributed by atoms with E-state index < -0.39 is 0 Å². The second-order valence-electron chi connectivity index (χ2n) is 6.39. The van der Waals surface area contributed by atoms with Crippen LogP contribution in [0.15, 0.2) is 34.9 Å². The molecule has 144 valence electrons. The molecular weight excluding hydrogens is 350 g/mol. The van der Waals surface area contributed by atoms with E-state index in [2.05, 4.69) is 10.5 Å². The maximum atomic E-state index is 13.1. The molecule has 2 heterocycles. The lowest BCUT2D eigenvalue weighted by Gasteiger charge is -2.25. The molecule has 1 N–H and O–H groups in total. The summed E-state index contributed by atoms with van der Waals surface area (Å²) in [5.41, 5.74) is 0.406. The largest absolute Gasteiger partial charge is 0.496 e. The first kappa shape index (κ1) is 18.9. The number of benzene rings is 1. The number of carbonyl (C=O) groups excluding carboxylic acids is 2. The van der Waals surface area contributed by atoms with Crippen molar-refractivity contribution in [1.29, 1.82) is 0 Å². The zero-order valence-corrected chi connectivity index (χ0v) is 15.4. The number of hydrogen-bond donors (Lipinski definition) is 1. The van der Waals surface area contributed by atoms with E-state index in [1.807, 2.05) is 0 Å². The van der Waals surface area contributed by atoms with E-state index in [0.717, 1.165) is 12.8 Å². The molecule has 0 bridgehead atoms. The Morgan fingerprint density at radius 2 is 2.19 bits per heavy atom. The number of methoxy groups -OCH3 is 1. The van der Waals surface area contributed by atoms with Crippen LogP contribution in [0.25, 0.3) is 0 Å². The first-order chi connectivity index (χ1) is 13.1. The molecule has 1 aromatic carbocycles. The highest BCUT2D eigenvalue weighted by atomic mass is 16.5. The van der Waals surface area contributed by atoms with E-state index in [0.29, 0.717) is 36.0 Å². The van der Waals surface area contributed by atoms with Crippen LogP contribution in [-0.2, 0) is 9.53 Å². The van der Waals surface area contributed by atoms with Gasteiger partial charge in [0.15, 0.2) is 5.82 Å². The van der Waals surface area contributed by atoms with Crippen molar-refractivity contribution in [3.8, 4) is 5.75 Å².